The van der Waals surface area contributed by atoms with Gasteiger partial charge in [-0.2, -0.15) is 0 Å². The summed E-state index contributed by atoms with van der Waals surface area (Å²) in [5, 5.41) is 7.68. The van der Waals surface area contributed by atoms with Gasteiger partial charge in [0.25, 0.3) is 0 Å². The van der Waals surface area contributed by atoms with Gasteiger partial charge in [0.05, 0.1) is 10.7 Å². The molecule has 15 heavy (non-hydrogen) atoms. The third kappa shape index (κ3) is 2.44. The van der Waals surface area contributed by atoms with Gasteiger partial charge < -0.3 is 10.6 Å². The number of hydrogen-bond donors (Lipinski definition) is 2. The SMILES string of the molecule is Cc1cc(C)c(NC2CCNC2)c(Cl)c1. The molecule has 1 aliphatic rings. The van der Waals surface area contributed by atoms with Crippen LogP contribution >= 0.6 is 11.6 Å². The van der Waals surface area contributed by atoms with E-state index in [1.165, 1.54) is 17.5 Å². The van der Waals surface area contributed by atoms with Crippen molar-refractivity contribution in [1.29, 1.82) is 0 Å². The molecule has 2 nitrogen and oxygen atoms in total. The van der Waals surface area contributed by atoms with Crippen molar-refractivity contribution in [3.8, 4) is 0 Å². The maximum absolute atomic E-state index is 6.23. The molecule has 0 bridgehead atoms. The molecule has 0 aliphatic carbocycles. The first-order valence-electron chi connectivity index (χ1n) is 5.41. The average molecular weight is 225 g/mol. The van der Waals surface area contributed by atoms with Crippen molar-refractivity contribution < 1.29 is 0 Å². The van der Waals surface area contributed by atoms with Crippen LogP contribution in [0.2, 0.25) is 5.02 Å². The van der Waals surface area contributed by atoms with Gasteiger partial charge in [0.15, 0.2) is 0 Å². The molecule has 1 aromatic carbocycles. The van der Waals surface area contributed by atoms with Gasteiger partial charge in [-0.15, -0.1) is 0 Å². The summed E-state index contributed by atoms with van der Waals surface area (Å²) in [5.41, 5.74) is 3.54. The first-order valence-corrected chi connectivity index (χ1v) is 5.78. The predicted octanol–water partition coefficient (Wildman–Crippen LogP) is 2.73. The Bertz CT molecular complexity index is 334. The van der Waals surface area contributed by atoms with Crippen LogP contribution in [0.4, 0.5) is 5.69 Å². The molecular weight excluding hydrogens is 208 g/mol. The third-order valence-corrected chi connectivity index (χ3v) is 3.14. The maximum Gasteiger partial charge on any atom is 0.0642 e. The number of rotatable bonds is 2. The van der Waals surface area contributed by atoms with Crippen LogP contribution in [0.1, 0.15) is 17.5 Å². The van der Waals surface area contributed by atoms with Crippen molar-refractivity contribution in [3.63, 3.8) is 0 Å². The lowest BCUT2D eigenvalue weighted by molar-refractivity contribution is 0.792. The molecule has 0 amide bonds. The number of benzene rings is 1. The van der Waals surface area contributed by atoms with E-state index in [9.17, 15) is 0 Å². The van der Waals surface area contributed by atoms with E-state index in [1.54, 1.807) is 0 Å². The van der Waals surface area contributed by atoms with Crippen LogP contribution in [0.5, 0.6) is 0 Å². The average Bonchev–Trinajstić information content (AvgIpc) is 2.63. The van der Waals surface area contributed by atoms with Gasteiger partial charge in [0.2, 0.25) is 0 Å². The Kier molecular flexibility index (Phi) is 3.17. The molecular formula is C12H17ClN2. The Morgan fingerprint density at radius 3 is 2.80 bits per heavy atom. The second kappa shape index (κ2) is 4.42. The fraction of sp³-hybridized carbons (Fsp3) is 0.500. The molecule has 82 valence electrons. The molecule has 2 rings (SSSR count). The molecule has 1 saturated heterocycles. The number of aryl methyl sites for hydroxylation is 2. The highest BCUT2D eigenvalue weighted by Crippen LogP contribution is 2.28. The first kappa shape index (κ1) is 10.8. The molecule has 0 aromatic heterocycles. The van der Waals surface area contributed by atoms with Crippen LogP contribution in [-0.4, -0.2) is 19.1 Å². The quantitative estimate of drug-likeness (QED) is 0.807. The smallest absolute Gasteiger partial charge is 0.0642 e. The number of halogens is 1. The zero-order chi connectivity index (χ0) is 10.8. The molecule has 1 fully saturated rings. The summed E-state index contributed by atoms with van der Waals surface area (Å²) in [6, 6.07) is 4.69. The van der Waals surface area contributed by atoms with Gasteiger partial charge in [0, 0.05) is 12.6 Å². The van der Waals surface area contributed by atoms with Crippen molar-refractivity contribution in [1.82, 2.24) is 5.32 Å². The Labute approximate surface area is 96.0 Å². The number of hydrogen-bond acceptors (Lipinski definition) is 2. The molecule has 1 aromatic rings. The lowest BCUT2D eigenvalue weighted by Gasteiger charge is -2.17. The minimum Gasteiger partial charge on any atom is -0.380 e. The third-order valence-electron chi connectivity index (χ3n) is 2.84. The summed E-state index contributed by atoms with van der Waals surface area (Å²) in [7, 11) is 0. The topological polar surface area (TPSA) is 24.1 Å². The van der Waals surface area contributed by atoms with Gasteiger partial charge in [-0.1, -0.05) is 17.7 Å². The summed E-state index contributed by atoms with van der Waals surface area (Å²) in [4.78, 5) is 0. The second-order valence-corrected chi connectivity index (χ2v) is 4.68. The standard InChI is InChI=1S/C12H17ClN2/c1-8-5-9(2)12(11(13)6-8)15-10-3-4-14-7-10/h5-6,10,14-15H,3-4,7H2,1-2H3. The van der Waals surface area contributed by atoms with E-state index in [2.05, 4.69) is 30.5 Å². The van der Waals surface area contributed by atoms with Crippen molar-refractivity contribution in [2.45, 2.75) is 26.3 Å². The largest absolute Gasteiger partial charge is 0.380 e. The molecule has 0 spiro atoms. The lowest BCUT2D eigenvalue weighted by Crippen LogP contribution is -2.22. The molecule has 0 saturated carbocycles. The Morgan fingerprint density at radius 2 is 2.20 bits per heavy atom. The van der Waals surface area contributed by atoms with Crippen LogP contribution in [0.3, 0.4) is 0 Å². The monoisotopic (exact) mass is 224 g/mol. The summed E-state index contributed by atoms with van der Waals surface area (Å²) in [6.45, 7) is 6.30. The van der Waals surface area contributed by atoms with E-state index >= 15 is 0 Å². The van der Waals surface area contributed by atoms with Crippen molar-refractivity contribution in [3.05, 3.63) is 28.3 Å². The van der Waals surface area contributed by atoms with Crippen LogP contribution in [0.25, 0.3) is 0 Å². The first-order chi connectivity index (χ1) is 7.16. The van der Waals surface area contributed by atoms with Crippen molar-refractivity contribution in [2.24, 2.45) is 0 Å². The molecule has 1 aliphatic heterocycles. The van der Waals surface area contributed by atoms with Crippen LogP contribution < -0.4 is 10.6 Å². The molecule has 1 atom stereocenters. The van der Waals surface area contributed by atoms with Crippen LogP contribution in [-0.2, 0) is 0 Å². The van der Waals surface area contributed by atoms with Gasteiger partial charge >= 0.3 is 0 Å². The number of nitrogens with one attached hydrogen (secondary N) is 2. The minimum atomic E-state index is 0.518. The minimum absolute atomic E-state index is 0.518. The van der Waals surface area contributed by atoms with Gasteiger partial charge in [-0.3, -0.25) is 0 Å². The zero-order valence-electron chi connectivity index (χ0n) is 9.23. The van der Waals surface area contributed by atoms with Crippen LogP contribution in [0, 0.1) is 13.8 Å². The second-order valence-electron chi connectivity index (χ2n) is 4.27. The normalized spacial score (nSPS) is 20.6. The summed E-state index contributed by atoms with van der Waals surface area (Å²) >= 11 is 6.23. The molecule has 3 heteroatoms. The fourth-order valence-electron chi connectivity index (χ4n) is 2.08. The Balaban J connectivity index is 2.19. The van der Waals surface area contributed by atoms with Gasteiger partial charge in [-0.25, -0.2) is 0 Å². The highest BCUT2D eigenvalue weighted by molar-refractivity contribution is 6.33. The van der Waals surface area contributed by atoms with Gasteiger partial charge in [0.1, 0.15) is 0 Å². The van der Waals surface area contributed by atoms with E-state index < -0.39 is 0 Å². The Morgan fingerprint density at radius 1 is 1.40 bits per heavy atom. The summed E-state index contributed by atoms with van der Waals surface area (Å²) < 4.78 is 0. The zero-order valence-corrected chi connectivity index (χ0v) is 9.99. The maximum atomic E-state index is 6.23. The van der Waals surface area contributed by atoms with E-state index in [4.69, 9.17) is 11.6 Å². The van der Waals surface area contributed by atoms with E-state index in [0.29, 0.717) is 6.04 Å². The van der Waals surface area contributed by atoms with E-state index in [1.807, 2.05) is 6.07 Å². The number of anilines is 1. The molecule has 1 unspecified atom stereocenters. The van der Waals surface area contributed by atoms with E-state index in [0.717, 1.165) is 23.8 Å². The lowest BCUT2D eigenvalue weighted by atomic mass is 10.1. The molecule has 1 heterocycles. The van der Waals surface area contributed by atoms with Gasteiger partial charge in [-0.05, 0) is 44.0 Å². The molecule has 0 radical (unpaired) electrons. The van der Waals surface area contributed by atoms with Crippen molar-refractivity contribution in [2.75, 3.05) is 18.4 Å². The predicted molar refractivity (Wildman–Crippen MR) is 65.8 cm³/mol. The highest BCUT2D eigenvalue weighted by Gasteiger charge is 2.16. The van der Waals surface area contributed by atoms with Crippen molar-refractivity contribution >= 4 is 17.3 Å². The highest BCUT2D eigenvalue weighted by atomic mass is 35.5. The summed E-state index contributed by atoms with van der Waals surface area (Å²) in [5.74, 6) is 0. The summed E-state index contributed by atoms with van der Waals surface area (Å²) in [6.07, 6.45) is 1.17. The molecule has 2 N–H and O–H groups in total. The van der Waals surface area contributed by atoms with E-state index in [-0.39, 0.29) is 0 Å². The Hall–Kier alpha value is -0.730. The van der Waals surface area contributed by atoms with Crippen LogP contribution in [0.15, 0.2) is 12.1 Å². The fourth-order valence-corrected chi connectivity index (χ4v) is 2.46.